The Kier molecular flexibility index (Phi) is 6.89. The molecule has 12 heavy (non-hydrogen) atoms. The van der Waals surface area contributed by atoms with E-state index in [1.807, 2.05) is 0 Å². The average molecular weight is 201 g/mol. The molecule has 0 N–H and O–H groups in total. The van der Waals surface area contributed by atoms with E-state index in [2.05, 4.69) is 38.2 Å². The lowest BCUT2D eigenvalue weighted by molar-refractivity contribution is 0.882. The molecule has 69 valence electrons. The summed E-state index contributed by atoms with van der Waals surface area (Å²) in [5, 5.41) is 0. The zero-order valence-electron chi connectivity index (χ0n) is 8.14. The van der Waals surface area contributed by atoms with Crippen LogP contribution in [0, 0.1) is 18.8 Å². The Bertz CT molecular complexity index is 160. The van der Waals surface area contributed by atoms with Gasteiger partial charge in [0.1, 0.15) is 4.08 Å². The highest BCUT2D eigenvalue weighted by atomic mass is 32.2. The molecule has 1 radical (unpaired) electrons. The highest BCUT2D eigenvalue weighted by molar-refractivity contribution is 8.18. The summed E-state index contributed by atoms with van der Waals surface area (Å²) in [6.45, 7) is 5.95. The SMILES string of the molecule is [CH2]CCCC#CC(C)(SC)SC. The minimum atomic E-state index is 0.0845. The molecular weight excluding hydrogens is 184 g/mol. The van der Waals surface area contributed by atoms with Crippen LogP contribution in [0.4, 0.5) is 0 Å². The van der Waals surface area contributed by atoms with Gasteiger partial charge in [-0.05, 0) is 25.9 Å². The van der Waals surface area contributed by atoms with Crippen molar-refractivity contribution in [1.29, 1.82) is 0 Å². The molecule has 0 amide bonds. The van der Waals surface area contributed by atoms with E-state index in [-0.39, 0.29) is 4.08 Å². The molecule has 0 aromatic carbocycles. The van der Waals surface area contributed by atoms with Crippen LogP contribution < -0.4 is 0 Å². The normalized spacial score (nSPS) is 10.7. The van der Waals surface area contributed by atoms with Crippen molar-refractivity contribution < 1.29 is 0 Å². The van der Waals surface area contributed by atoms with Gasteiger partial charge >= 0.3 is 0 Å². The van der Waals surface area contributed by atoms with Crippen molar-refractivity contribution in [3.8, 4) is 11.8 Å². The molecule has 0 unspecified atom stereocenters. The minimum absolute atomic E-state index is 0.0845. The maximum atomic E-state index is 3.78. The molecular formula is C10H17S2. The molecule has 0 saturated heterocycles. The summed E-state index contributed by atoms with van der Waals surface area (Å²) in [6.07, 6.45) is 7.30. The van der Waals surface area contributed by atoms with Gasteiger partial charge < -0.3 is 0 Å². The smallest absolute Gasteiger partial charge is 0.118 e. The molecule has 0 atom stereocenters. The van der Waals surface area contributed by atoms with Gasteiger partial charge in [-0.3, -0.25) is 0 Å². The topological polar surface area (TPSA) is 0 Å². The summed E-state index contributed by atoms with van der Waals surface area (Å²) in [5.74, 6) is 6.48. The molecule has 0 rings (SSSR count). The quantitative estimate of drug-likeness (QED) is 0.388. The third kappa shape index (κ3) is 5.00. The van der Waals surface area contributed by atoms with E-state index < -0.39 is 0 Å². The predicted octanol–water partition coefficient (Wildman–Crippen LogP) is 3.44. The molecule has 0 aliphatic heterocycles. The van der Waals surface area contributed by atoms with Crippen molar-refractivity contribution in [2.75, 3.05) is 12.5 Å². The van der Waals surface area contributed by atoms with Gasteiger partial charge in [-0.25, -0.2) is 0 Å². The Morgan fingerprint density at radius 1 is 1.33 bits per heavy atom. The van der Waals surface area contributed by atoms with Gasteiger partial charge in [-0.2, -0.15) is 0 Å². The molecule has 0 aromatic heterocycles. The monoisotopic (exact) mass is 201 g/mol. The number of unbranched alkanes of at least 4 members (excludes halogenated alkanes) is 2. The van der Waals surface area contributed by atoms with E-state index >= 15 is 0 Å². The molecule has 0 aliphatic carbocycles. The molecule has 0 fully saturated rings. The lowest BCUT2D eigenvalue weighted by Crippen LogP contribution is -2.09. The Morgan fingerprint density at radius 3 is 2.33 bits per heavy atom. The maximum absolute atomic E-state index is 3.78. The molecule has 0 nitrogen and oxygen atoms in total. The van der Waals surface area contributed by atoms with Gasteiger partial charge in [-0.15, -0.1) is 29.4 Å². The van der Waals surface area contributed by atoms with Crippen LogP contribution in [0.3, 0.4) is 0 Å². The minimum Gasteiger partial charge on any atom is -0.135 e. The Balaban J connectivity index is 3.88. The molecule has 0 heterocycles. The van der Waals surface area contributed by atoms with E-state index in [1.165, 1.54) is 0 Å². The number of thioether (sulfide) groups is 2. The van der Waals surface area contributed by atoms with Crippen LogP contribution in [0.5, 0.6) is 0 Å². The lowest BCUT2D eigenvalue weighted by Gasteiger charge is -2.16. The number of hydrogen-bond acceptors (Lipinski definition) is 2. The lowest BCUT2D eigenvalue weighted by atomic mass is 10.2. The van der Waals surface area contributed by atoms with Gasteiger partial charge in [0, 0.05) is 6.42 Å². The van der Waals surface area contributed by atoms with Gasteiger partial charge in [0.2, 0.25) is 0 Å². The van der Waals surface area contributed by atoms with Gasteiger partial charge in [0.05, 0.1) is 0 Å². The van der Waals surface area contributed by atoms with Crippen LogP contribution in [-0.4, -0.2) is 16.6 Å². The fourth-order valence-corrected chi connectivity index (χ4v) is 1.64. The molecule has 0 bridgehead atoms. The predicted molar refractivity (Wildman–Crippen MR) is 62.4 cm³/mol. The standard InChI is InChI=1S/C10H17S2/c1-5-6-7-8-9-10(2,11-3)12-4/h1,5-7H2,2-4H3. The largest absolute Gasteiger partial charge is 0.135 e. The Morgan fingerprint density at radius 2 is 1.92 bits per heavy atom. The summed E-state index contributed by atoms with van der Waals surface area (Å²) in [5.41, 5.74) is 0. The van der Waals surface area contributed by atoms with Crippen LogP contribution >= 0.6 is 23.5 Å². The summed E-state index contributed by atoms with van der Waals surface area (Å²) in [4.78, 5) is 0. The van der Waals surface area contributed by atoms with Crippen molar-refractivity contribution >= 4 is 23.5 Å². The van der Waals surface area contributed by atoms with Crippen LogP contribution in [0.25, 0.3) is 0 Å². The van der Waals surface area contributed by atoms with Crippen molar-refractivity contribution in [1.82, 2.24) is 0 Å². The second-order valence-corrected chi connectivity index (χ2v) is 5.32. The molecule has 0 aliphatic rings. The first-order chi connectivity index (χ1) is 5.68. The Labute approximate surface area is 85.3 Å². The second-order valence-electron chi connectivity index (χ2n) is 2.61. The van der Waals surface area contributed by atoms with Crippen molar-refractivity contribution in [2.45, 2.75) is 30.3 Å². The molecule has 0 saturated carbocycles. The first-order valence-corrected chi connectivity index (χ1v) is 6.53. The van der Waals surface area contributed by atoms with Crippen LogP contribution in [0.15, 0.2) is 0 Å². The van der Waals surface area contributed by atoms with Crippen LogP contribution in [-0.2, 0) is 0 Å². The zero-order valence-corrected chi connectivity index (χ0v) is 9.78. The third-order valence-electron chi connectivity index (χ3n) is 1.65. The second kappa shape index (κ2) is 6.74. The summed E-state index contributed by atoms with van der Waals surface area (Å²) < 4.78 is 0.0845. The van der Waals surface area contributed by atoms with Crippen molar-refractivity contribution in [2.24, 2.45) is 0 Å². The molecule has 0 aromatic rings. The van der Waals surface area contributed by atoms with Gasteiger partial charge in [-0.1, -0.05) is 19.3 Å². The van der Waals surface area contributed by atoms with E-state index in [1.54, 1.807) is 23.5 Å². The number of hydrogen-bond donors (Lipinski definition) is 0. The summed E-state index contributed by atoms with van der Waals surface area (Å²) in [7, 11) is 0. The Hall–Kier alpha value is 0.260. The summed E-state index contributed by atoms with van der Waals surface area (Å²) in [6, 6.07) is 0. The highest BCUT2D eigenvalue weighted by Crippen LogP contribution is 2.32. The van der Waals surface area contributed by atoms with Crippen molar-refractivity contribution in [3.05, 3.63) is 6.92 Å². The fourth-order valence-electron chi connectivity index (χ4n) is 0.622. The van der Waals surface area contributed by atoms with Crippen molar-refractivity contribution in [3.63, 3.8) is 0 Å². The fraction of sp³-hybridized carbons (Fsp3) is 0.700. The third-order valence-corrected chi connectivity index (χ3v) is 4.41. The van der Waals surface area contributed by atoms with E-state index in [0.29, 0.717) is 0 Å². The van der Waals surface area contributed by atoms with Crippen LogP contribution in [0.2, 0.25) is 0 Å². The number of rotatable bonds is 4. The highest BCUT2D eigenvalue weighted by Gasteiger charge is 2.16. The average Bonchev–Trinajstić information content (AvgIpc) is 2.12. The summed E-state index contributed by atoms with van der Waals surface area (Å²) >= 11 is 3.61. The van der Waals surface area contributed by atoms with E-state index in [0.717, 1.165) is 19.3 Å². The zero-order chi connectivity index (χ0) is 9.45. The first-order valence-electron chi connectivity index (χ1n) is 4.08. The molecule has 0 spiro atoms. The van der Waals surface area contributed by atoms with Gasteiger partial charge in [0.15, 0.2) is 0 Å². The maximum Gasteiger partial charge on any atom is 0.118 e. The van der Waals surface area contributed by atoms with E-state index in [9.17, 15) is 0 Å². The molecule has 2 heteroatoms. The van der Waals surface area contributed by atoms with Gasteiger partial charge in [0.25, 0.3) is 0 Å². The first kappa shape index (κ1) is 12.3. The van der Waals surface area contributed by atoms with Crippen LogP contribution in [0.1, 0.15) is 26.2 Å². The van der Waals surface area contributed by atoms with E-state index in [4.69, 9.17) is 0 Å².